The fraction of sp³-hybridized carbons (Fsp3) is 0.474. The van der Waals surface area contributed by atoms with E-state index in [0.29, 0.717) is 5.56 Å². The number of aromatic nitrogens is 2. The summed E-state index contributed by atoms with van der Waals surface area (Å²) in [5.41, 5.74) is 2.00. The van der Waals surface area contributed by atoms with Gasteiger partial charge in [-0.05, 0) is 50.7 Å². The Morgan fingerprint density at radius 2 is 2.12 bits per heavy atom. The average Bonchev–Trinajstić information content (AvgIpc) is 3.30. The predicted octanol–water partition coefficient (Wildman–Crippen LogP) is 3.64. The highest BCUT2D eigenvalue weighted by Crippen LogP contribution is 2.52. The van der Waals surface area contributed by atoms with Gasteiger partial charge in [0, 0.05) is 12.1 Å². The zero-order chi connectivity index (χ0) is 16.7. The lowest BCUT2D eigenvalue weighted by Crippen LogP contribution is -2.44. The third-order valence-corrected chi connectivity index (χ3v) is 5.51. The number of carbonyl (C=O) groups excluding carboxylic acids is 1. The Hall–Kier alpha value is -2.17. The summed E-state index contributed by atoms with van der Waals surface area (Å²) >= 11 is 0. The maximum atomic E-state index is 14.3. The van der Waals surface area contributed by atoms with Crippen LogP contribution in [0.3, 0.4) is 0 Å². The number of H-pyrrole nitrogens is 1. The number of likely N-dealkylation sites (tertiary alicyclic amines) is 1. The first-order chi connectivity index (χ1) is 11.6. The second-order valence-electron chi connectivity index (χ2n) is 7.04. The van der Waals surface area contributed by atoms with Gasteiger partial charge in [0.1, 0.15) is 5.82 Å². The van der Waals surface area contributed by atoms with E-state index in [4.69, 9.17) is 0 Å². The molecule has 2 fully saturated rings. The second-order valence-corrected chi connectivity index (χ2v) is 7.04. The van der Waals surface area contributed by atoms with Gasteiger partial charge in [-0.1, -0.05) is 18.2 Å². The third kappa shape index (κ3) is 2.34. The van der Waals surface area contributed by atoms with Gasteiger partial charge in [-0.25, -0.2) is 4.39 Å². The molecule has 2 aliphatic rings. The number of piperidine rings is 1. The number of benzene rings is 1. The molecule has 1 saturated heterocycles. The summed E-state index contributed by atoms with van der Waals surface area (Å²) in [4.78, 5) is 15.3. The number of nitrogens with one attached hydrogen (secondary N) is 1. The number of amides is 1. The molecule has 4 rings (SSSR count). The van der Waals surface area contributed by atoms with Gasteiger partial charge in [-0.2, -0.15) is 5.10 Å². The maximum Gasteiger partial charge on any atom is 0.233 e. The van der Waals surface area contributed by atoms with E-state index in [1.54, 1.807) is 18.3 Å². The maximum absolute atomic E-state index is 14.3. The van der Waals surface area contributed by atoms with Gasteiger partial charge >= 0.3 is 0 Å². The van der Waals surface area contributed by atoms with Crippen molar-refractivity contribution in [3.8, 4) is 0 Å². The smallest absolute Gasteiger partial charge is 0.233 e. The standard InChI is InChI=1S/C19H22FN3O/c1-13-12-21-22-17(13)16-8-4-5-11-23(16)18(24)19(9-10-19)14-6-2-3-7-15(14)20/h2-3,6-7,12,16H,4-5,8-11H2,1H3,(H,21,22)/t16-/m0/s1. The second kappa shape index (κ2) is 5.72. The van der Waals surface area contributed by atoms with E-state index in [-0.39, 0.29) is 17.8 Å². The Bertz CT molecular complexity index is 765. The van der Waals surface area contributed by atoms with Crippen molar-refractivity contribution in [1.82, 2.24) is 15.1 Å². The molecule has 0 spiro atoms. The molecule has 1 N–H and O–H groups in total. The number of nitrogens with zero attached hydrogens (tertiary/aromatic N) is 2. The zero-order valence-corrected chi connectivity index (χ0v) is 13.9. The molecule has 1 aromatic carbocycles. The molecule has 2 heterocycles. The van der Waals surface area contributed by atoms with E-state index in [9.17, 15) is 9.18 Å². The highest BCUT2D eigenvalue weighted by Gasteiger charge is 2.55. The largest absolute Gasteiger partial charge is 0.333 e. The normalized spacial score (nSPS) is 22.4. The Morgan fingerprint density at radius 3 is 2.79 bits per heavy atom. The van der Waals surface area contributed by atoms with Gasteiger partial charge in [-0.15, -0.1) is 0 Å². The van der Waals surface area contributed by atoms with Gasteiger partial charge in [0.15, 0.2) is 0 Å². The van der Waals surface area contributed by atoms with Crippen LogP contribution in [0, 0.1) is 12.7 Å². The summed E-state index contributed by atoms with van der Waals surface area (Å²) in [5, 5.41) is 7.18. The first kappa shape index (κ1) is 15.4. The molecule has 1 aliphatic heterocycles. The SMILES string of the molecule is Cc1cn[nH]c1[C@@H]1CCCCN1C(=O)C1(c2ccccc2F)CC1. The summed E-state index contributed by atoms with van der Waals surface area (Å²) in [7, 11) is 0. The first-order valence-electron chi connectivity index (χ1n) is 8.69. The summed E-state index contributed by atoms with van der Waals surface area (Å²) in [6, 6.07) is 6.74. The van der Waals surface area contributed by atoms with Gasteiger partial charge in [0.25, 0.3) is 0 Å². The molecule has 0 radical (unpaired) electrons. The summed E-state index contributed by atoms with van der Waals surface area (Å²) in [5.74, 6) is -0.194. The number of aryl methyl sites for hydroxylation is 1. The van der Waals surface area contributed by atoms with Crippen molar-refractivity contribution >= 4 is 5.91 Å². The van der Waals surface area contributed by atoms with Crippen molar-refractivity contribution in [2.45, 2.75) is 50.5 Å². The lowest BCUT2D eigenvalue weighted by Gasteiger charge is -2.38. The quantitative estimate of drug-likeness (QED) is 0.935. The Morgan fingerprint density at radius 1 is 1.33 bits per heavy atom. The van der Waals surface area contributed by atoms with Crippen molar-refractivity contribution in [3.63, 3.8) is 0 Å². The van der Waals surface area contributed by atoms with Crippen molar-refractivity contribution < 1.29 is 9.18 Å². The fourth-order valence-corrected chi connectivity index (χ4v) is 4.02. The molecule has 1 atom stereocenters. The minimum atomic E-state index is -0.658. The van der Waals surface area contributed by atoms with Crippen molar-refractivity contribution in [3.05, 3.63) is 53.1 Å². The summed E-state index contributed by atoms with van der Waals surface area (Å²) in [6.07, 6.45) is 6.30. The number of rotatable bonds is 3. The van der Waals surface area contributed by atoms with Gasteiger partial charge in [0.05, 0.1) is 23.3 Å². The van der Waals surface area contributed by atoms with Crippen LogP contribution in [0.1, 0.15) is 55.0 Å². The van der Waals surface area contributed by atoms with Gasteiger partial charge in [0.2, 0.25) is 5.91 Å². The monoisotopic (exact) mass is 327 g/mol. The Labute approximate surface area is 141 Å². The van der Waals surface area contributed by atoms with Crippen LogP contribution in [0.5, 0.6) is 0 Å². The molecule has 0 unspecified atom stereocenters. The van der Waals surface area contributed by atoms with Crippen molar-refractivity contribution in [2.75, 3.05) is 6.54 Å². The molecule has 2 aromatic rings. The Kier molecular flexibility index (Phi) is 3.66. The van der Waals surface area contributed by atoms with E-state index in [1.165, 1.54) is 6.07 Å². The van der Waals surface area contributed by atoms with Crippen LogP contribution < -0.4 is 0 Å². The zero-order valence-electron chi connectivity index (χ0n) is 13.9. The molecule has 24 heavy (non-hydrogen) atoms. The topological polar surface area (TPSA) is 49.0 Å². The first-order valence-corrected chi connectivity index (χ1v) is 8.69. The predicted molar refractivity (Wildman–Crippen MR) is 88.9 cm³/mol. The summed E-state index contributed by atoms with van der Waals surface area (Å²) in [6.45, 7) is 2.75. The van der Waals surface area contributed by atoms with Gasteiger partial charge in [-0.3, -0.25) is 9.89 Å². The van der Waals surface area contributed by atoms with E-state index >= 15 is 0 Å². The minimum Gasteiger partial charge on any atom is -0.333 e. The third-order valence-electron chi connectivity index (χ3n) is 5.51. The number of hydrogen-bond donors (Lipinski definition) is 1. The number of aromatic amines is 1. The molecule has 4 nitrogen and oxygen atoms in total. The number of carbonyl (C=O) groups is 1. The van der Waals surface area contributed by atoms with Crippen LogP contribution in [-0.4, -0.2) is 27.5 Å². The van der Waals surface area contributed by atoms with E-state index < -0.39 is 5.41 Å². The van der Waals surface area contributed by atoms with E-state index in [1.807, 2.05) is 17.9 Å². The molecule has 1 amide bonds. The van der Waals surface area contributed by atoms with E-state index in [0.717, 1.165) is 49.9 Å². The van der Waals surface area contributed by atoms with Crippen molar-refractivity contribution in [1.29, 1.82) is 0 Å². The molecular formula is C19H22FN3O. The average molecular weight is 327 g/mol. The minimum absolute atomic E-state index is 0.0259. The molecule has 5 heteroatoms. The highest BCUT2D eigenvalue weighted by atomic mass is 19.1. The molecule has 1 aromatic heterocycles. The Balaban J connectivity index is 1.68. The molecular weight excluding hydrogens is 305 g/mol. The molecule has 1 aliphatic carbocycles. The molecule has 1 saturated carbocycles. The van der Waals surface area contributed by atoms with Crippen molar-refractivity contribution in [2.24, 2.45) is 0 Å². The highest BCUT2D eigenvalue weighted by molar-refractivity contribution is 5.91. The number of hydrogen-bond acceptors (Lipinski definition) is 2. The lowest BCUT2D eigenvalue weighted by molar-refractivity contribution is -0.138. The lowest BCUT2D eigenvalue weighted by atomic mass is 9.90. The summed E-state index contributed by atoms with van der Waals surface area (Å²) < 4.78 is 14.3. The molecule has 0 bridgehead atoms. The van der Waals surface area contributed by atoms with E-state index in [2.05, 4.69) is 10.2 Å². The van der Waals surface area contributed by atoms with Crippen LogP contribution in [0.15, 0.2) is 30.5 Å². The fourth-order valence-electron chi connectivity index (χ4n) is 4.02. The molecule has 126 valence electrons. The van der Waals surface area contributed by atoms with Crippen LogP contribution >= 0.6 is 0 Å². The van der Waals surface area contributed by atoms with Crippen LogP contribution in [0.4, 0.5) is 4.39 Å². The van der Waals surface area contributed by atoms with Crippen LogP contribution in [0.2, 0.25) is 0 Å². The van der Waals surface area contributed by atoms with Crippen LogP contribution in [-0.2, 0) is 10.2 Å². The van der Waals surface area contributed by atoms with Gasteiger partial charge < -0.3 is 4.90 Å². The van der Waals surface area contributed by atoms with Crippen LogP contribution in [0.25, 0.3) is 0 Å². The number of halogens is 1.